The summed E-state index contributed by atoms with van der Waals surface area (Å²) in [5.41, 5.74) is 1.91. The van der Waals surface area contributed by atoms with Crippen LogP contribution in [0, 0.1) is 0 Å². The number of carbonyl (C=O) groups excluding carboxylic acids is 1. The molecular weight excluding hydrogens is 417 g/mol. The number of benzene rings is 2. The third-order valence-corrected chi connectivity index (χ3v) is 5.22. The van der Waals surface area contributed by atoms with Crippen LogP contribution in [-0.2, 0) is 6.54 Å². The molecule has 0 spiro atoms. The van der Waals surface area contributed by atoms with E-state index in [0.29, 0.717) is 16.3 Å². The van der Waals surface area contributed by atoms with Crippen LogP contribution in [0.4, 0.5) is 18.0 Å². The molecule has 1 fully saturated rings. The summed E-state index contributed by atoms with van der Waals surface area (Å²) in [7, 11) is 1.59. The van der Waals surface area contributed by atoms with Gasteiger partial charge < -0.3 is 10.1 Å². The van der Waals surface area contributed by atoms with Crippen molar-refractivity contribution < 1.29 is 22.7 Å². The molecule has 1 aliphatic rings. The molecule has 0 aliphatic carbocycles. The van der Waals surface area contributed by atoms with Crippen LogP contribution in [-0.4, -0.2) is 34.3 Å². The fourth-order valence-corrected chi connectivity index (χ4v) is 3.91. The lowest BCUT2D eigenvalue weighted by Crippen LogP contribution is -2.18. The lowest BCUT2D eigenvalue weighted by atomic mass is 10.1. The molecule has 1 amide bonds. The first kappa shape index (κ1) is 20.0. The minimum atomic E-state index is -4.77. The predicted molar refractivity (Wildman–Crippen MR) is 109 cm³/mol. The van der Waals surface area contributed by atoms with Crippen molar-refractivity contribution in [1.82, 2.24) is 15.1 Å². The highest BCUT2D eigenvalue weighted by Gasteiger charge is 2.32. The molecule has 1 aliphatic heterocycles. The summed E-state index contributed by atoms with van der Waals surface area (Å²) in [6.07, 6.45) is -1.29. The van der Waals surface area contributed by atoms with E-state index in [1.807, 2.05) is 24.3 Å². The quantitative estimate of drug-likeness (QED) is 0.643. The van der Waals surface area contributed by atoms with Crippen molar-refractivity contribution in [3.8, 4) is 5.75 Å². The molecule has 30 heavy (non-hydrogen) atoms. The van der Waals surface area contributed by atoms with E-state index in [2.05, 4.69) is 20.1 Å². The lowest BCUT2D eigenvalue weighted by Gasteiger charge is -2.13. The minimum Gasteiger partial charge on any atom is -0.405 e. The van der Waals surface area contributed by atoms with Crippen LogP contribution in [0.5, 0.6) is 5.75 Å². The smallest absolute Gasteiger partial charge is 0.405 e. The van der Waals surface area contributed by atoms with E-state index in [4.69, 9.17) is 0 Å². The Morgan fingerprint density at radius 2 is 2.03 bits per heavy atom. The molecule has 0 saturated carbocycles. The van der Waals surface area contributed by atoms with Crippen molar-refractivity contribution in [2.45, 2.75) is 12.9 Å². The number of hydrogen-bond acceptors (Lipinski definition) is 5. The van der Waals surface area contributed by atoms with Gasteiger partial charge in [-0.1, -0.05) is 30.3 Å². The molecular formula is C20H15F3N4O2S. The number of ether oxygens (including phenoxy) is 1. The zero-order valence-electron chi connectivity index (χ0n) is 15.6. The van der Waals surface area contributed by atoms with Crippen LogP contribution >= 0.6 is 11.8 Å². The average molecular weight is 432 g/mol. The Labute approximate surface area is 173 Å². The van der Waals surface area contributed by atoms with E-state index in [9.17, 15) is 18.0 Å². The van der Waals surface area contributed by atoms with Crippen LogP contribution in [0.15, 0.2) is 58.6 Å². The number of aliphatic imine (C=N–C) groups is 1. The molecule has 0 bridgehead atoms. The number of amidine groups is 1. The number of para-hydroxylation sites is 1. The van der Waals surface area contributed by atoms with Gasteiger partial charge >= 0.3 is 6.36 Å². The Morgan fingerprint density at radius 3 is 2.80 bits per heavy atom. The number of aromatic nitrogens is 2. The number of alkyl halides is 3. The summed E-state index contributed by atoms with van der Waals surface area (Å²) < 4.78 is 43.8. The molecule has 154 valence electrons. The zero-order chi connectivity index (χ0) is 21.3. The van der Waals surface area contributed by atoms with E-state index in [1.54, 1.807) is 30.1 Å². The van der Waals surface area contributed by atoms with Crippen LogP contribution in [0.2, 0.25) is 0 Å². The molecule has 1 aromatic heterocycles. The van der Waals surface area contributed by atoms with Gasteiger partial charge in [-0.15, -0.1) is 13.2 Å². The topological polar surface area (TPSA) is 68.5 Å². The highest BCUT2D eigenvalue weighted by atomic mass is 32.2. The van der Waals surface area contributed by atoms with Gasteiger partial charge in [0, 0.05) is 18.0 Å². The highest BCUT2D eigenvalue weighted by Crippen LogP contribution is 2.30. The Kier molecular flexibility index (Phi) is 5.25. The molecule has 0 radical (unpaired) electrons. The van der Waals surface area contributed by atoms with Crippen molar-refractivity contribution in [3.63, 3.8) is 0 Å². The molecule has 0 unspecified atom stereocenters. The summed E-state index contributed by atoms with van der Waals surface area (Å²) >= 11 is 1.05. The van der Waals surface area contributed by atoms with Crippen molar-refractivity contribution >= 4 is 39.8 Å². The number of rotatable bonds is 4. The molecule has 2 aromatic carbocycles. The van der Waals surface area contributed by atoms with Gasteiger partial charge in [0.1, 0.15) is 11.6 Å². The Morgan fingerprint density at radius 1 is 1.23 bits per heavy atom. The standard InChI is InChI=1S/C20H15F3N4O2S/c1-24-18-17(30-19(28)26-18)9-12-6-4-7-15-14(12)10-25-27(15)11-13-5-2-3-8-16(13)29-20(21,22)23/h2-10H,11H2,1H3,(H,24,26,28)/b17-9-. The molecule has 10 heteroatoms. The van der Waals surface area contributed by atoms with Crippen LogP contribution < -0.4 is 10.1 Å². The molecule has 2 heterocycles. The molecule has 0 atom stereocenters. The molecule has 1 N–H and O–H groups in total. The second-order valence-electron chi connectivity index (χ2n) is 6.33. The molecule has 6 nitrogen and oxygen atoms in total. The van der Waals surface area contributed by atoms with Gasteiger partial charge in [-0.05, 0) is 35.5 Å². The van der Waals surface area contributed by atoms with Gasteiger partial charge in [0.2, 0.25) is 0 Å². The predicted octanol–water partition coefficient (Wildman–Crippen LogP) is 4.81. The Hall–Kier alpha value is -3.27. The van der Waals surface area contributed by atoms with Crippen LogP contribution in [0.25, 0.3) is 17.0 Å². The third kappa shape index (κ3) is 4.18. The number of halogens is 3. The van der Waals surface area contributed by atoms with E-state index < -0.39 is 6.36 Å². The Balaban J connectivity index is 1.70. The normalized spacial score (nSPS) is 17.1. The van der Waals surface area contributed by atoms with Gasteiger partial charge in [-0.2, -0.15) is 5.10 Å². The number of carbonyl (C=O) groups is 1. The van der Waals surface area contributed by atoms with Crippen molar-refractivity contribution in [3.05, 3.63) is 64.7 Å². The van der Waals surface area contributed by atoms with Gasteiger partial charge in [-0.25, -0.2) is 0 Å². The summed E-state index contributed by atoms with van der Waals surface area (Å²) in [5.74, 6) is 0.232. The summed E-state index contributed by atoms with van der Waals surface area (Å²) in [6.45, 7) is 0.103. The lowest BCUT2D eigenvalue weighted by molar-refractivity contribution is -0.274. The van der Waals surface area contributed by atoms with E-state index in [0.717, 1.165) is 28.2 Å². The van der Waals surface area contributed by atoms with Crippen molar-refractivity contribution in [1.29, 1.82) is 0 Å². The number of fused-ring (bicyclic) bond motifs is 1. The first-order valence-electron chi connectivity index (χ1n) is 8.80. The number of hydrogen-bond donors (Lipinski definition) is 1. The number of nitrogens with zero attached hydrogens (tertiary/aromatic N) is 3. The third-order valence-electron chi connectivity index (χ3n) is 4.41. The SMILES string of the molecule is CN=C1NC(=O)S/C1=C\c1cccc2c1cnn2Cc1ccccc1OC(F)(F)F. The second kappa shape index (κ2) is 7.86. The van der Waals surface area contributed by atoms with Gasteiger partial charge in [0.25, 0.3) is 5.24 Å². The first-order valence-corrected chi connectivity index (χ1v) is 9.61. The van der Waals surface area contributed by atoms with Crippen LogP contribution in [0.1, 0.15) is 11.1 Å². The van der Waals surface area contributed by atoms with E-state index in [-0.39, 0.29) is 17.5 Å². The highest BCUT2D eigenvalue weighted by molar-refractivity contribution is 8.18. The second-order valence-corrected chi connectivity index (χ2v) is 7.35. The number of thioether (sulfide) groups is 1. The average Bonchev–Trinajstić information content (AvgIpc) is 3.26. The minimum absolute atomic E-state index is 0.103. The summed E-state index contributed by atoms with van der Waals surface area (Å²) in [6, 6.07) is 11.5. The van der Waals surface area contributed by atoms with E-state index in [1.165, 1.54) is 12.1 Å². The summed E-state index contributed by atoms with van der Waals surface area (Å²) in [4.78, 5) is 16.4. The molecule has 3 aromatic rings. The maximum absolute atomic E-state index is 12.7. The maximum atomic E-state index is 12.7. The van der Waals surface area contributed by atoms with Gasteiger partial charge in [-0.3, -0.25) is 14.5 Å². The number of amides is 1. The first-order chi connectivity index (χ1) is 14.3. The summed E-state index contributed by atoms with van der Waals surface area (Å²) in [5, 5.41) is 7.61. The Bertz CT molecular complexity index is 1180. The molecule has 4 rings (SSSR count). The van der Waals surface area contributed by atoms with Crippen LogP contribution in [0.3, 0.4) is 0 Å². The van der Waals surface area contributed by atoms with Crippen molar-refractivity contribution in [2.24, 2.45) is 4.99 Å². The monoisotopic (exact) mass is 432 g/mol. The largest absolute Gasteiger partial charge is 0.573 e. The van der Waals surface area contributed by atoms with Gasteiger partial charge in [0.05, 0.1) is 23.2 Å². The fourth-order valence-electron chi connectivity index (χ4n) is 3.13. The number of nitrogens with one attached hydrogen (secondary N) is 1. The van der Waals surface area contributed by atoms with E-state index >= 15 is 0 Å². The van der Waals surface area contributed by atoms with Crippen molar-refractivity contribution in [2.75, 3.05) is 7.05 Å². The zero-order valence-corrected chi connectivity index (χ0v) is 16.4. The van der Waals surface area contributed by atoms with Gasteiger partial charge in [0.15, 0.2) is 0 Å². The fraction of sp³-hybridized carbons (Fsp3) is 0.150. The maximum Gasteiger partial charge on any atom is 0.573 e. The molecule has 1 saturated heterocycles.